The quantitative estimate of drug-likeness (QED) is 0.802. The Bertz CT molecular complexity index is 841. The molecule has 0 aromatic heterocycles. The van der Waals surface area contributed by atoms with Gasteiger partial charge in [0, 0.05) is 11.1 Å². The molecule has 7 heteroatoms. The molecule has 2 heterocycles. The topological polar surface area (TPSA) is 57.2 Å². The maximum atomic E-state index is 12.6. The molecule has 1 unspecified atom stereocenters. The Labute approximate surface area is 156 Å². The van der Waals surface area contributed by atoms with Crippen LogP contribution in [0.1, 0.15) is 16.5 Å². The Morgan fingerprint density at radius 2 is 2.08 bits per heavy atom. The molecule has 2 aromatic carbocycles. The highest BCUT2D eigenvalue weighted by atomic mass is 32.2. The van der Waals surface area contributed by atoms with Crippen molar-refractivity contribution in [1.82, 2.24) is 4.90 Å². The van der Waals surface area contributed by atoms with Gasteiger partial charge in [-0.05, 0) is 24.3 Å². The van der Waals surface area contributed by atoms with E-state index in [1.165, 1.54) is 0 Å². The van der Waals surface area contributed by atoms with Gasteiger partial charge in [-0.15, -0.1) is 11.8 Å². The first-order chi connectivity index (χ1) is 12.7. The summed E-state index contributed by atoms with van der Waals surface area (Å²) in [4.78, 5) is 14.4. The molecule has 136 valence electrons. The molecular formula is C19H19NO5S. The molecule has 1 fully saturated rings. The summed E-state index contributed by atoms with van der Waals surface area (Å²) in [5.74, 6) is 3.42. The van der Waals surface area contributed by atoms with Gasteiger partial charge in [0.15, 0.2) is 11.5 Å². The summed E-state index contributed by atoms with van der Waals surface area (Å²) in [6.45, 7) is 0.642. The average molecular weight is 373 g/mol. The minimum atomic E-state index is -0.130. The number of methoxy groups -OCH3 is 2. The van der Waals surface area contributed by atoms with E-state index in [1.54, 1.807) is 26.0 Å². The molecule has 0 aliphatic carbocycles. The van der Waals surface area contributed by atoms with E-state index in [0.29, 0.717) is 12.3 Å². The lowest BCUT2D eigenvalue weighted by Gasteiger charge is -2.26. The van der Waals surface area contributed by atoms with Gasteiger partial charge in [-0.1, -0.05) is 12.1 Å². The molecule has 26 heavy (non-hydrogen) atoms. The zero-order valence-electron chi connectivity index (χ0n) is 14.6. The third-order valence-corrected chi connectivity index (χ3v) is 5.73. The van der Waals surface area contributed by atoms with Gasteiger partial charge in [-0.2, -0.15) is 0 Å². The van der Waals surface area contributed by atoms with Gasteiger partial charge in [0.1, 0.15) is 16.9 Å². The number of carbonyl (C=O) groups excluding carboxylic acids is 1. The summed E-state index contributed by atoms with van der Waals surface area (Å²) in [6, 6.07) is 11.4. The van der Waals surface area contributed by atoms with Crippen molar-refractivity contribution in [2.75, 3.05) is 26.8 Å². The SMILES string of the molecule is COc1ccc(OC)c(CN2C(=O)CSC2c2cccc3c2OCO3)c1. The minimum absolute atomic E-state index is 0.0846. The average Bonchev–Trinajstić information content (AvgIpc) is 3.29. The Kier molecular flexibility index (Phi) is 4.55. The standard InChI is InChI=1S/C19H19NO5S/c1-22-13-6-7-15(23-2)12(8-13)9-20-17(21)10-26-19(20)14-4-3-5-16-18(14)25-11-24-16/h3-8,19H,9-11H2,1-2H3. The third kappa shape index (κ3) is 2.92. The molecule has 2 aromatic rings. The fourth-order valence-electron chi connectivity index (χ4n) is 3.22. The molecule has 2 aliphatic rings. The van der Waals surface area contributed by atoms with E-state index in [2.05, 4.69) is 0 Å². The largest absolute Gasteiger partial charge is 0.497 e. The molecule has 1 amide bonds. The zero-order chi connectivity index (χ0) is 18.1. The molecule has 0 spiro atoms. The Morgan fingerprint density at radius 3 is 2.88 bits per heavy atom. The van der Waals surface area contributed by atoms with Crippen molar-refractivity contribution in [3.63, 3.8) is 0 Å². The van der Waals surface area contributed by atoms with E-state index < -0.39 is 0 Å². The van der Waals surface area contributed by atoms with E-state index in [9.17, 15) is 4.79 Å². The van der Waals surface area contributed by atoms with Crippen LogP contribution >= 0.6 is 11.8 Å². The maximum Gasteiger partial charge on any atom is 0.234 e. The zero-order valence-corrected chi connectivity index (χ0v) is 15.4. The normalized spacial score (nSPS) is 18.3. The van der Waals surface area contributed by atoms with Gasteiger partial charge < -0.3 is 23.8 Å². The van der Waals surface area contributed by atoms with E-state index in [-0.39, 0.29) is 18.1 Å². The maximum absolute atomic E-state index is 12.6. The van der Waals surface area contributed by atoms with Gasteiger partial charge in [0.2, 0.25) is 12.7 Å². The molecule has 0 radical (unpaired) electrons. The van der Waals surface area contributed by atoms with E-state index in [1.807, 2.05) is 41.3 Å². The van der Waals surface area contributed by atoms with Crippen LogP contribution in [0, 0.1) is 0 Å². The van der Waals surface area contributed by atoms with Gasteiger partial charge in [0.05, 0.1) is 26.5 Å². The lowest BCUT2D eigenvalue weighted by atomic mass is 10.1. The van der Waals surface area contributed by atoms with Crippen molar-refractivity contribution in [2.24, 2.45) is 0 Å². The smallest absolute Gasteiger partial charge is 0.234 e. The number of fused-ring (bicyclic) bond motifs is 1. The number of thioether (sulfide) groups is 1. The molecule has 0 bridgehead atoms. The van der Waals surface area contributed by atoms with Gasteiger partial charge in [0.25, 0.3) is 0 Å². The van der Waals surface area contributed by atoms with Crippen LogP contribution in [-0.4, -0.2) is 37.6 Å². The van der Waals surface area contributed by atoms with Crippen LogP contribution in [0.15, 0.2) is 36.4 Å². The van der Waals surface area contributed by atoms with E-state index in [4.69, 9.17) is 18.9 Å². The summed E-state index contributed by atoms with van der Waals surface area (Å²) in [5.41, 5.74) is 1.86. The fraction of sp³-hybridized carbons (Fsp3) is 0.316. The number of rotatable bonds is 5. The van der Waals surface area contributed by atoms with Crippen molar-refractivity contribution in [1.29, 1.82) is 0 Å². The number of carbonyl (C=O) groups is 1. The first-order valence-corrected chi connectivity index (χ1v) is 9.26. The Hall–Kier alpha value is -2.54. The number of hydrogen-bond acceptors (Lipinski definition) is 6. The number of benzene rings is 2. The monoisotopic (exact) mass is 373 g/mol. The van der Waals surface area contributed by atoms with Crippen molar-refractivity contribution >= 4 is 17.7 Å². The van der Waals surface area contributed by atoms with Crippen molar-refractivity contribution in [3.8, 4) is 23.0 Å². The highest BCUT2D eigenvalue weighted by Gasteiger charge is 2.36. The number of nitrogens with zero attached hydrogens (tertiary/aromatic N) is 1. The third-order valence-electron chi connectivity index (χ3n) is 4.49. The molecular weight excluding hydrogens is 354 g/mol. The summed E-state index contributed by atoms with van der Waals surface area (Å²) >= 11 is 1.59. The summed E-state index contributed by atoms with van der Waals surface area (Å²) in [6.07, 6.45) is 0. The van der Waals surface area contributed by atoms with E-state index >= 15 is 0 Å². The predicted molar refractivity (Wildman–Crippen MR) is 97.9 cm³/mol. The second-order valence-electron chi connectivity index (χ2n) is 5.94. The molecule has 1 saturated heterocycles. The van der Waals surface area contributed by atoms with E-state index in [0.717, 1.165) is 34.1 Å². The molecule has 1 atom stereocenters. The number of para-hydroxylation sites is 1. The Morgan fingerprint density at radius 1 is 1.19 bits per heavy atom. The van der Waals surface area contributed by atoms with Crippen molar-refractivity contribution < 1.29 is 23.7 Å². The van der Waals surface area contributed by atoms with Crippen LogP contribution in [-0.2, 0) is 11.3 Å². The van der Waals surface area contributed by atoms with Crippen LogP contribution in [0.3, 0.4) is 0 Å². The van der Waals surface area contributed by atoms with Gasteiger partial charge in [-0.25, -0.2) is 0 Å². The van der Waals surface area contributed by atoms with Crippen LogP contribution in [0.2, 0.25) is 0 Å². The van der Waals surface area contributed by atoms with Crippen molar-refractivity contribution in [3.05, 3.63) is 47.5 Å². The summed E-state index contributed by atoms with van der Waals surface area (Å²) < 4.78 is 21.9. The van der Waals surface area contributed by atoms with Crippen LogP contribution in [0.25, 0.3) is 0 Å². The predicted octanol–water partition coefficient (Wildman–Crippen LogP) is 3.21. The molecule has 4 rings (SSSR count). The summed E-state index contributed by atoms with van der Waals surface area (Å²) in [7, 11) is 3.24. The Balaban J connectivity index is 1.67. The van der Waals surface area contributed by atoms with Gasteiger partial charge in [-0.3, -0.25) is 4.79 Å². The molecule has 6 nitrogen and oxygen atoms in total. The summed E-state index contributed by atoms with van der Waals surface area (Å²) in [5, 5.41) is -0.130. The van der Waals surface area contributed by atoms with Gasteiger partial charge >= 0.3 is 0 Å². The number of ether oxygens (including phenoxy) is 4. The fourth-order valence-corrected chi connectivity index (χ4v) is 4.42. The number of hydrogen-bond donors (Lipinski definition) is 0. The van der Waals surface area contributed by atoms with Crippen molar-refractivity contribution in [2.45, 2.75) is 11.9 Å². The molecule has 0 N–H and O–H groups in total. The van der Waals surface area contributed by atoms with Crippen LogP contribution < -0.4 is 18.9 Å². The number of amides is 1. The molecule has 2 aliphatic heterocycles. The minimum Gasteiger partial charge on any atom is -0.497 e. The highest BCUT2D eigenvalue weighted by molar-refractivity contribution is 8.00. The first-order valence-electron chi connectivity index (χ1n) is 8.21. The lowest BCUT2D eigenvalue weighted by molar-refractivity contribution is -0.128. The first kappa shape index (κ1) is 16.9. The lowest BCUT2D eigenvalue weighted by Crippen LogP contribution is -2.28. The van der Waals surface area contributed by atoms with Crippen LogP contribution in [0.5, 0.6) is 23.0 Å². The highest BCUT2D eigenvalue weighted by Crippen LogP contribution is 2.47. The second kappa shape index (κ2) is 6.99. The molecule has 0 saturated carbocycles. The van der Waals surface area contributed by atoms with Crippen LogP contribution in [0.4, 0.5) is 0 Å². The second-order valence-corrected chi connectivity index (χ2v) is 7.01.